The standard InChI is InChI=1S/C17H10Cl3N5O5/c18-17(19,20)15(27)21-12-4-2-1-3-11(12)13(26)22-16-24-23-14(30-16)9-5-7-10(8-6-9)25(28)29/h1-8H,(H,21,27)(H,22,24,26). The number of carbonyl (C=O) groups excluding carboxylic acids is 2. The van der Waals surface area contributed by atoms with Crippen molar-refractivity contribution in [3.05, 3.63) is 64.2 Å². The number of alkyl halides is 3. The molecular formula is C17H10Cl3N5O5. The fraction of sp³-hybridized carbons (Fsp3) is 0.0588. The van der Waals surface area contributed by atoms with Crippen LogP contribution in [0.1, 0.15) is 10.4 Å². The van der Waals surface area contributed by atoms with Crippen LogP contribution in [-0.2, 0) is 4.79 Å². The second-order valence-corrected chi connectivity index (χ2v) is 7.95. The van der Waals surface area contributed by atoms with Crippen LogP contribution in [-0.4, -0.2) is 30.7 Å². The number of non-ortho nitro benzene ring substituents is 1. The van der Waals surface area contributed by atoms with Crippen molar-refractivity contribution in [2.75, 3.05) is 10.6 Å². The van der Waals surface area contributed by atoms with Crippen LogP contribution in [0.15, 0.2) is 52.9 Å². The van der Waals surface area contributed by atoms with E-state index in [0.29, 0.717) is 5.56 Å². The molecular weight excluding hydrogens is 461 g/mol. The van der Waals surface area contributed by atoms with Crippen molar-refractivity contribution in [1.82, 2.24) is 10.2 Å². The van der Waals surface area contributed by atoms with E-state index in [9.17, 15) is 19.7 Å². The Balaban J connectivity index is 1.76. The fourth-order valence-electron chi connectivity index (χ4n) is 2.26. The summed E-state index contributed by atoms with van der Waals surface area (Å²) in [5, 5.41) is 23.0. The van der Waals surface area contributed by atoms with E-state index in [0.717, 1.165) is 0 Å². The number of rotatable bonds is 5. The monoisotopic (exact) mass is 469 g/mol. The molecule has 13 heteroatoms. The third kappa shape index (κ3) is 5.03. The van der Waals surface area contributed by atoms with Gasteiger partial charge in [0, 0.05) is 17.7 Å². The quantitative estimate of drug-likeness (QED) is 0.323. The van der Waals surface area contributed by atoms with Crippen LogP contribution in [0, 0.1) is 10.1 Å². The first-order chi connectivity index (χ1) is 14.1. The van der Waals surface area contributed by atoms with Gasteiger partial charge in [-0.3, -0.25) is 25.0 Å². The Hall–Kier alpha value is -3.21. The largest absolute Gasteiger partial charge is 0.403 e. The highest BCUT2D eigenvalue weighted by molar-refractivity contribution is 6.76. The maximum atomic E-state index is 12.6. The van der Waals surface area contributed by atoms with E-state index in [1.54, 1.807) is 12.1 Å². The lowest BCUT2D eigenvalue weighted by atomic mass is 10.1. The van der Waals surface area contributed by atoms with Crippen LogP contribution in [0.2, 0.25) is 0 Å². The highest BCUT2D eigenvalue weighted by atomic mass is 35.6. The first kappa shape index (κ1) is 21.5. The van der Waals surface area contributed by atoms with E-state index < -0.39 is 20.5 Å². The van der Waals surface area contributed by atoms with Gasteiger partial charge in [-0.1, -0.05) is 52.0 Å². The molecule has 0 saturated heterocycles. The number of nitrogens with zero attached hydrogens (tertiary/aromatic N) is 3. The third-order valence-electron chi connectivity index (χ3n) is 3.65. The van der Waals surface area contributed by atoms with Crippen molar-refractivity contribution in [3.63, 3.8) is 0 Å². The zero-order valence-electron chi connectivity index (χ0n) is 14.6. The number of para-hydroxylation sites is 1. The maximum absolute atomic E-state index is 12.6. The zero-order valence-corrected chi connectivity index (χ0v) is 16.9. The minimum absolute atomic E-state index is 0.0398. The summed E-state index contributed by atoms with van der Waals surface area (Å²) in [5.74, 6) is -1.57. The number of nitrogens with one attached hydrogen (secondary N) is 2. The van der Waals surface area contributed by atoms with E-state index in [4.69, 9.17) is 39.2 Å². The SMILES string of the molecule is O=C(Nc1nnc(-c2ccc([N+](=O)[O-])cc2)o1)c1ccccc1NC(=O)C(Cl)(Cl)Cl. The van der Waals surface area contributed by atoms with Gasteiger partial charge >= 0.3 is 6.01 Å². The van der Waals surface area contributed by atoms with E-state index >= 15 is 0 Å². The number of nitro benzene ring substituents is 1. The van der Waals surface area contributed by atoms with Gasteiger partial charge in [-0.05, 0) is 24.3 Å². The molecule has 1 aromatic heterocycles. The second kappa shape index (κ2) is 8.66. The van der Waals surface area contributed by atoms with Gasteiger partial charge in [0.2, 0.25) is 5.89 Å². The van der Waals surface area contributed by atoms with Crippen LogP contribution >= 0.6 is 34.8 Å². The van der Waals surface area contributed by atoms with Gasteiger partial charge in [0.05, 0.1) is 16.2 Å². The first-order valence-electron chi connectivity index (χ1n) is 8.02. The summed E-state index contributed by atoms with van der Waals surface area (Å²) in [6.45, 7) is 0. The Morgan fingerprint density at radius 2 is 1.67 bits per heavy atom. The Bertz CT molecular complexity index is 1110. The molecule has 30 heavy (non-hydrogen) atoms. The summed E-state index contributed by atoms with van der Waals surface area (Å²) >= 11 is 16.6. The normalized spacial score (nSPS) is 11.0. The van der Waals surface area contributed by atoms with Gasteiger partial charge < -0.3 is 9.73 Å². The van der Waals surface area contributed by atoms with Gasteiger partial charge in [-0.15, -0.1) is 5.10 Å². The number of hydrogen-bond donors (Lipinski definition) is 2. The number of nitro groups is 1. The molecule has 0 atom stereocenters. The van der Waals surface area contributed by atoms with Crippen molar-refractivity contribution >= 4 is 64.0 Å². The fourth-order valence-corrected chi connectivity index (χ4v) is 2.41. The highest BCUT2D eigenvalue weighted by Gasteiger charge is 2.31. The summed E-state index contributed by atoms with van der Waals surface area (Å²) < 4.78 is 3.15. The summed E-state index contributed by atoms with van der Waals surface area (Å²) in [6.07, 6.45) is 0. The lowest BCUT2D eigenvalue weighted by molar-refractivity contribution is -0.384. The molecule has 0 bridgehead atoms. The third-order valence-corrected chi connectivity index (χ3v) is 4.16. The van der Waals surface area contributed by atoms with Crippen molar-refractivity contribution in [1.29, 1.82) is 0 Å². The van der Waals surface area contributed by atoms with Crippen molar-refractivity contribution in [3.8, 4) is 11.5 Å². The number of halogens is 3. The molecule has 3 rings (SSSR count). The van der Waals surface area contributed by atoms with Crippen LogP contribution in [0.4, 0.5) is 17.4 Å². The van der Waals surface area contributed by atoms with Gasteiger partial charge in [0.15, 0.2) is 0 Å². The Morgan fingerprint density at radius 1 is 1.00 bits per heavy atom. The van der Waals surface area contributed by atoms with Crippen molar-refractivity contribution in [2.45, 2.75) is 3.79 Å². The summed E-state index contributed by atoms with van der Waals surface area (Å²) in [6, 6.07) is 11.2. The molecule has 154 valence electrons. The molecule has 0 aliphatic heterocycles. The molecule has 1 heterocycles. The Labute approximate surface area is 183 Å². The van der Waals surface area contributed by atoms with Crippen molar-refractivity contribution in [2.24, 2.45) is 0 Å². The molecule has 2 amide bonds. The van der Waals surface area contributed by atoms with Crippen LogP contribution in [0.25, 0.3) is 11.5 Å². The Kier molecular flexibility index (Phi) is 6.20. The predicted octanol–water partition coefficient (Wildman–Crippen LogP) is 4.21. The number of benzene rings is 2. The molecule has 3 aromatic rings. The number of hydrogen-bond acceptors (Lipinski definition) is 7. The molecule has 0 aliphatic rings. The van der Waals surface area contributed by atoms with Gasteiger partial charge in [-0.25, -0.2) is 0 Å². The molecule has 0 spiro atoms. The predicted molar refractivity (Wildman–Crippen MR) is 110 cm³/mol. The Morgan fingerprint density at radius 3 is 2.30 bits per heavy atom. The molecule has 0 unspecified atom stereocenters. The lowest BCUT2D eigenvalue weighted by Gasteiger charge is -2.13. The average molecular weight is 471 g/mol. The first-order valence-corrected chi connectivity index (χ1v) is 9.15. The molecule has 0 radical (unpaired) electrons. The van der Waals surface area contributed by atoms with Gasteiger partial charge in [0.25, 0.3) is 21.3 Å². The molecule has 2 N–H and O–H groups in total. The molecule has 0 aliphatic carbocycles. The maximum Gasteiger partial charge on any atom is 0.322 e. The van der Waals surface area contributed by atoms with Gasteiger partial charge in [0.1, 0.15) is 0 Å². The number of amides is 2. The van der Waals surface area contributed by atoms with Crippen LogP contribution in [0.3, 0.4) is 0 Å². The smallest absolute Gasteiger partial charge is 0.322 e. The number of carbonyl (C=O) groups is 2. The number of anilines is 2. The van der Waals surface area contributed by atoms with E-state index in [1.807, 2.05) is 0 Å². The molecule has 0 fully saturated rings. The molecule has 0 saturated carbocycles. The number of aromatic nitrogens is 2. The van der Waals surface area contributed by atoms with Crippen LogP contribution in [0.5, 0.6) is 0 Å². The molecule has 2 aromatic carbocycles. The van der Waals surface area contributed by atoms with Crippen LogP contribution < -0.4 is 10.6 Å². The van der Waals surface area contributed by atoms with E-state index in [-0.39, 0.29) is 28.8 Å². The van der Waals surface area contributed by atoms with E-state index in [1.165, 1.54) is 36.4 Å². The minimum Gasteiger partial charge on any atom is -0.403 e. The summed E-state index contributed by atoms with van der Waals surface area (Å²) in [7, 11) is 0. The van der Waals surface area contributed by atoms with Crippen molar-refractivity contribution < 1.29 is 18.9 Å². The highest BCUT2D eigenvalue weighted by Crippen LogP contribution is 2.29. The lowest BCUT2D eigenvalue weighted by Crippen LogP contribution is -2.28. The average Bonchev–Trinajstić information content (AvgIpc) is 3.16. The van der Waals surface area contributed by atoms with Gasteiger partial charge in [-0.2, -0.15) is 0 Å². The summed E-state index contributed by atoms with van der Waals surface area (Å²) in [5.41, 5.74) is 0.473. The second-order valence-electron chi connectivity index (χ2n) is 5.67. The molecule has 10 nitrogen and oxygen atoms in total. The summed E-state index contributed by atoms with van der Waals surface area (Å²) in [4.78, 5) is 34.6. The zero-order chi connectivity index (χ0) is 21.9. The minimum atomic E-state index is -2.21. The topological polar surface area (TPSA) is 140 Å². The van der Waals surface area contributed by atoms with E-state index in [2.05, 4.69) is 20.8 Å².